The molecule has 2 aromatic rings. The molecule has 0 fully saturated rings. The Morgan fingerprint density at radius 3 is 3.00 bits per heavy atom. The van der Waals surface area contributed by atoms with Gasteiger partial charge in [-0.2, -0.15) is 0 Å². The van der Waals surface area contributed by atoms with Crippen LogP contribution in [0.1, 0.15) is 11.1 Å². The minimum atomic E-state index is 0.521. The molecular formula is C15H19N3O2. The van der Waals surface area contributed by atoms with Gasteiger partial charge in [-0.3, -0.25) is 4.68 Å². The number of nitrogens with zero attached hydrogens (tertiary/aromatic N) is 3. The highest BCUT2D eigenvalue weighted by Gasteiger charge is 2.01. The Bertz CT molecular complexity index is 538. The largest absolute Gasteiger partial charge is 0.490 e. The van der Waals surface area contributed by atoms with E-state index in [1.54, 1.807) is 17.0 Å². The van der Waals surface area contributed by atoms with Gasteiger partial charge in [-0.05, 0) is 30.2 Å². The van der Waals surface area contributed by atoms with Crippen LogP contribution in [-0.4, -0.2) is 28.2 Å². The second-order valence-electron chi connectivity index (χ2n) is 4.41. The fourth-order valence-corrected chi connectivity index (χ4v) is 1.77. The molecule has 5 nitrogen and oxygen atoms in total. The zero-order valence-corrected chi connectivity index (χ0v) is 11.7. The van der Waals surface area contributed by atoms with Crippen molar-refractivity contribution < 1.29 is 9.47 Å². The first-order chi connectivity index (χ1) is 9.79. The maximum Gasteiger partial charge on any atom is 0.120 e. The minimum Gasteiger partial charge on any atom is -0.490 e. The van der Waals surface area contributed by atoms with E-state index in [1.165, 1.54) is 0 Å². The summed E-state index contributed by atoms with van der Waals surface area (Å²) in [5.41, 5.74) is 2.32. The average molecular weight is 273 g/mol. The minimum absolute atomic E-state index is 0.521. The van der Waals surface area contributed by atoms with Crippen LogP contribution in [0.15, 0.2) is 43.2 Å². The predicted molar refractivity (Wildman–Crippen MR) is 76.5 cm³/mol. The van der Waals surface area contributed by atoms with Gasteiger partial charge in [-0.1, -0.05) is 23.9 Å². The number of aryl methyl sites for hydroxylation is 1. The number of hydrogen-bond acceptors (Lipinski definition) is 4. The van der Waals surface area contributed by atoms with Gasteiger partial charge in [0, 0.05) is 6.20 Å². The van der Waals surface area contributed by atoms with E-state index in [1.807, 2.05) is 24.4 Å². The van der Waals surface area contributed by atoms with Gasteiger partial charge in [0.25, 0.3) is 0 Å². The van der Waals surface area contributed by atoms with Crippen molar-refractivity contribution in [3.8, 4) is 5.75 Å². The van der Waals surface area contributed by atoms with Crippen molar-refractivity contribution in [2.45, 2.75) is 20.1 Å². The third-order valence-corrected chi connectivity index (χ3v) is 2.88. The Kier molecular flexibility index (Phi) is 5.32. The zero-order valence-electron chi connectivity index (χ0n) is 11.7. The van der Waals surface area contributed by atoms with Gasteiger partial charge >= 0.3 is 0 Å². The third-order valence-electron chi connectivity index (χ3n) is 2.88. The van der Waals surface area contributed by atoms with Crippen molar-refractivity contribution in [3.63, 3.8) is 0 Å². The molecule has 0 bridgehead atoms. The summed E-state index contributed by atoms with van der Waals surface area (Å²) >= 11 is 0. The van der Waals surface area contributed by atoms with Crippen LogP contribution in [0, 0.1) is 6.92 Å². The highest BCUT2D eigenvalue weighted by molar-refractivity contribution is 5.34. The maximum absolute atomic E-state index is 5.65. The van der Waals surface area contributed by atoms with E-state index in [-0.39, 0.29) is 0 Å². The summed E-state index contributed by atoms with van der Waals surface area (Å²) in [6, 6.07) is 6.00. The molecule has 0 spiro atoms. The van der Waals surface area contributed by atoms with Gasteiger partial charge in [0.2, 0.25) is 0 Å². The van der Waals surface area contributed by atoms with Gasteiger partial charge in [0.1, 0.15) is 12.4 Å². The topological polar surface area (TPSA) is 49.2 Å². The van der Waals surface area contributed by atoms with Gasteiger partial charge in [-0.15, -0.1) is 5.10 Å². The number of benzene rings is 1. The standard InChI is InChI=1S/C15H19N3O2/c1-3-9-20-15-5-4-14(13(2)11-15)12-19-10-8-18-7-6-16-17-18/h3-7,11H,1,8-10,12H2,2H3. The van der Waals surface area contributed by atoms with E-state index in [4.69, 9.17) is 9.47 Å². The first kappa shape index (κ1) is 14.3. The fraction of sp³-hybridized carbons (Fsp3) is 0.333. The molecule has 0 N–H and O–H groups in total. The second-order valence-corrected chi connectivity index (χ2v) is 4.41. The smallest absolute Gasteiger partial charge is 0.120 e. The molecule has 0 aliphatic rings. The van der Waals surface area contributed by atoms with Gasteiger partial charge in [-0.25, -0.2) is 0 Å². The van der Waals surface area contributed by atoms with Crippen LogP contribution >= 0.6 is 0 Å². The molecular weight excluding hydrogens is 254 g/mol. The molecule has 1 aromatic carbocycles. The van der Waals surface area contributed by atoms with E-state index in [0.717, 1.165) is 16.9 Å². The summed E-state index contributed by atoms with van der Waals surface area (Å²) < 4.78 is 12.9. The Morgan fingerprint density at radius 1 is 1.40 bits per heavy atom. The quantitative estimate of drug-likeness (QED) is 0.547. The van der Waals surface area contributed by atoms with Crippen LogP contribution in [0.3, 0.4) is 0 Å². The lowest BCUT2D eigenvalue weighted by Gasteiger charge is -2.10. The molecule has 0 amide bonds. The first-order valence-corrected chi connectivity index (χ1v) is 6.54. The Balaban J connectivity index is 1.79. The van der Waals surface area contributed by atoms with Crippen molar-refractivity contribution in [1.82, 2.24) is 15.0 Å². The third kappa shape index (κ3) is 4.20. The molecule has 0 aliphatic heterocycles. The molecule has 0 atom stereocenters. The van der Waals surface area contributed by atoms with Gasteiger partial charge in [0.05, 0.1) is 26.0 Å². The summed E-state index contributed by atoms with van der Waals surface area (Å²) in [5.74, 6) is 0.855. The number of aromatic nitrogens is 3. The summed E-state index contributed by atoms with van der Waals surface area (Å²) in [6.45, 7) is 8.11. The molecule has 1 heterocycles. The van der Waals surface area contributed by atoms with E-state index in [9.17, 15) is 0 Å². The van der Waals surface area contributed by atoms with Crippen LogP contribution in [0.2, 0.25) is 0 Å². The molecule has 0 radical (unpaired) electrons. The molecule has 0 saturated heterocycles. The molecule has 1 aromatic heterocycles. The van der Waals surface area contributed by atoms with Crippen LogP contribution in [0.4, 0.5) is 0 Å². The Morgan fingerprint density at radius 2 is 2.30 bits per heavy atom. The van der Waals surface area contributed by atoms with Gasteiger partial charge < -0.3 is 9.47 Å². The molecule has 0 saturated carbocycles. The van der Waals surface area contributed by atoms with E-state index in [2.05, 4.69) is 23.8 Å². The van der Waals surface area contributed by atoms with E-state index in [0.29, 0.717) is 26.4 Å². The predicted octanol–water partition coefficient (Wildman–Crippen LogP) is 2.37. The monoisotopic (exact) mass is 273 g/mol. The highest BCUT2D eigenvalue weighted by Crippen LogP contribution is 2.18. The number of hydrogen-bond donors (Lipinski definition) is 0. The lowest BCUT2D eigenvalue weighted by Crippen LogP contribution is -2.07. The summed E-state index contributed by atoms with van der Waals surface area (Å²) in [7, 11) is 0. The van der Waals surface area contributed by atoms with Crippen LogP contribution in [0.5, 0.6) is 5.75 Å². The van der Waals surface area contributed by atoms with Crippen molar-refractivity contribution in [2.75, 3.05) is 13.2 Å². The highest BCUT2D eigenvalue weighted by atomic mass is 16.5. The summed E-state index contributed by atoms with van der Waals surface area (Å²) in [5, 5.41) is 7.62. The normalized spacial score (nSPS) is 10.4. The summed E-state index contributed by atoms with van der Waals surface area (Å²) in [4.78, 5) is 0. The fourth-order valence-electron chi connectivity index (χ4n) is 1.77. The van der Waals surface area contributed by atoms with Crippen molar-refractivity contribution in [1.29, 1.82) is 0 Å². The number of rotatable bonds is 8. The lowest BCUT2D eigenvalue weighted by molar-refractivity contribution is 0.110. The van der Waals surface area contributed by atoms with Crippen molar-refractivity contribution >= 4 is 0 Å². The van der Waals surface area contributed by atoms with Crippen molar-refractivity contribution in [3.05, 3.63) is 54.4 Å². The lowest BCUT2D eigenvalue weighted by atomic mass is 10.1. The molecule has 20 heavy (non-hydrogen) atoms. The van der Waals surface area contributed by atoms with Gasteiger partial charge in [0.15, 0.2) is 0 Å². The molecule has 2 rings (SSSR count). The molecule has 5 heteroatoms. The van der Waals surface area contributed by atoms with E-state index >= 15 is 0 Å². The second kappa shape index (κ2) is 7.45. The molecule has 0 aliphatic carbocycles. The number of ether oxygens (including phenoxy) is 2. The molecule has 106 valence electrons. The molecule has 0 unspecified atom stereocenters. The maximum atomic E-state index is 5.65. The zero-order chi connectivity index (χ0) is 14.2. The van der Waals surface area contributed by atoms with Crippen molar-refractivity contribution in [2.24, 2.45) is 0 Å². The Labute approximate surface area is 118 Å². The van der Waals surface area contributed by atoms with Crippen LogP contribution in [0.25, 0.3) is 0 Å². The average Bonchev–Trinajstić information content (AvgIpc) is 2.96. The van der Waals surface area contributed by atoms with Crippen LogP contribution < -0.4 is 4.74 Å². The van der Waals surface area contributed by atoms with E-state index < -0.39 is 0 Å². The van der Waals surface area contributed by atoms with Crippen LogP contribution in [-0.2, 0) is 17.9 Å². The summed E-state index contributed by atoms with van der Waals surface area (Å²) in [6.07, 6.45) is 5.21. The SMILES string of the molecule is C=CCOc1ccc(COCCn2ccnn2)c(C)c1. The Hall–Kier alpha value is -2.14. The first-order valence-electron chi connectivity index (χ1n) is 6.54.